The third kappa shape index (κ3) is 6.53. The Kier molecular flexibility index (Phi) is 7.75. The fraction of sp³-hybridized carbons (Fsp3) is 0.240. The monoisotopic (exact) mass is 423 g/mol. The number of hydrogen-bond acceptors (Lipinski definition) is 3. The number of rotatable bonds is 9. The zero-order valence-electron chi connectivity index (χ0n) is 17.3. The first-order valence-corrected chi connectivity index (χ1v) is 10.4. The summed E-state index contributed by atoms with van der Waals surface area (Å²) in [5.74, 6) is 1.19. The predicted molar refractivity (Wildman–Crippen MR) is 122 cm³/mol. The van der Waals surface area contributed by atoms with E-state index in [4.69, 9.17) is 21.1 Å². The van der Waals surface area contributed by atoms with Gasteiger partial charge in [0.05, 0.1) is 6.61 Å². The number of carbonyl (C=O) groups excluding carboxylic acids is 1. The number of ether oxygens (including phenoxy) is 2. The van der Waals surface area contributed by atoms with Gasteiger partial charge in [-0.25, -0.2) is 0 Å². The largest absolute Gasteiger partial charge is 0.494 e. The summed E-state index contributed by atoms with van der Waals surface area (Å²) in [6, 6.07) is 21.4. The van der Waals surface area contributed by atoms with Crippen molar-refractivity contribution in [2.24, 2.45) is 0 Å². The molecule has 4 nitrogen and oxygen atoms in total. The first-order valence-electron chi connectivity index (χ1n) is 9.97. The third-order valence-electron chi connectivity index (χ3n) is 4.64. The molecule has 1 amide bonds. The molecule has 0 atom stereocenters. The smallest absolute Gasteiger partial charge is 0.262 e. The summed E-state index contributed by atoms with van der Waals surface area (Å²) in [4.78, 5) is 12.2. The average Bonchev–Trinajstić information content (AvgIpc) is 2.75. The van der Waals surface area contributed by atoms with Crippen molar-refractivity contribution >= 4 is 23.2 Å². The van der Waals surface area contributed by atoms with Crippen LogP contribution in [0, 0.1) is 13.8 Å². The number of amides is 1. The molecule has 0 unspecified atom stereocenters. The summed E-state index contributed by atoms with van der Waals surface area (Å²) in [6.45, 7) is 4.40. The van der Waals surface area contributed by atoms with Crippen LogP contribution in [0.15, 0.2) is 66.7 Å². The van der Waals surface area contributed by atoms with Crippen LogP contribution in [0.2, 0.25) is 5.02 Å². The van der Waals surface area contributed by atoms with E-state index in [1.54, 1.807) is 0 Å². The summed E-state index contributed by atoms with van der Waals surface area (Å²) in [7, 11) is 0. The Bertz CT molecular complexity index is 948. The van der Waals surface area contributed by atoms with Crippen LogP contribution >= 0.6 is 11.6 Å². The quantitative estimate of drug-likeness (QED) is 0.430. The number of benzene rings is 3. The maximum atomic E-state index is 12.2. The second kappa shape index (κ2) is 10.7. The van der Waals surface area contributed by atoms with Crippen molar-refractivity contribution in [1.82, 2.24) is 0 Å². The minimum Gasteiger partial charge on any atom is -0.494 e. The van der Waals surface area contributed by atoms with Gasteiger partial charge in [0.15, 0.2) is 6.61 Å². The van der Waals surface area contributed by atoms with Crippen molar-refractivity contribution in [3.8, 4) is 11.5 Å². The van der Waals surface area contributed by atoms with Gasteiger partial charge in [0, 0.05) is 10.7 Å². The van der Waals surface area contributed by atoms with Crippen LogP contribution in [0.5, 0.6) is 11.5 Å². The van der Waals surface area contributed by atoms with Crippen LogP contribution in [0.3, 0.4) is 0 Å². The zero-order chi connectivity index (χ0) is 21.3. The molecule has 0 aromatic heterocycles. The van der Waals surface area contributed by atoms with E-state index in [0.717, 1.165) is 29.7 Å². The van der Waals surface area contributed by atoms with Gasteiger partial charge in [-0.3, -0.25) is 4.79 Å². The molecule has 30 heavy (non-hydrogen) atoms. The molecule has 5 heteroatoms. The molecular formula is C25H26ClNO3. The Hall–Kier alpha value is -2.98. The SMILES string of the molecule is Cc1cc(OCC(=O)Nc2ccc(OCCCc3ccccc3)cc2)cc(C)c1Cl. The molecule has 0 bridgehead atoms. The number of carbonyl (C=O) groups is 1. The molecule has 0 saturated carbocycles. The number of halogens is 1. The summed E-state index contributed by atoms with van der Waals surface area (Å²) in [5, 5.41) is 3.54. The zero-order valence-corrected chi connectivity index (χ0v) is 18.0. The van der Waals surface area contributed by atoms with Crippen LogP contribution in [-0.4, -0.2) is 19.1 Å². The van der Waals surface area contributed by atoms with E-state index in [-0.39, 0.29) is 12.5 Å². The maximum absolute atomic E-state index is 12.2. The van der Waals surface area contributed by atoms with E-state index in [0.29, 0.717) is 23.1 Å². The summed E-state index contributed by atoms with van der Waals surface area (Å²) >= 11 is 6.16. The van der Waals surface area contributed by atoms with Gasteiger partial charge in [0.1, 0.15) is 11.5 Å². The number of hydrogen-bond donors (Lipinski definition) is 1. The fourth-order valence-corrected chi connectivity index (χ4v) is 3.19. The standard InChI is InChI=1S/C25H26ClNO3/c1-18-15-23(16-19(2)25(18)26)30-17-24(28)27-21-10-12-22(13-11-21)29-14-6-9-20-7-4-3-5-8-20/h3-5,7-8,10-13,15-16H,6,9,14,17H2,1-2H3,(H,27,28). The maximum Gasteiger partial charge on any atom is 0.262 e. The number of anilines is 1. The lowest BCUT2D eigenvalue weighted by Gasteiger charge is -2.11. The van der Waals surface area contributed by atoms with E-state index < -0.39 is 0 Å². The van der Waals surface area contributed by atoms with Crippen molar-refractivity contribution in [3.63, 3.8) is 0 Å². The first-order chi connectivity index (χ1) is 14.5. The molecule has 0 aliphatic rings. The van der Waals surface area contributed by atoms with Crippen molar-refractivity contribution in [1.29, 1.82) is 0 Å². The molecular weight excluding hydrogens is 398 g/mol. The van der Waals surface area contributed by atoms with Crippen molar-refractivity contribution in [2.75, 3.05) is 18.5 Å². The van der Waals surface area contributed by atoms with E-state index in [1.807, 2.05) is 68.4 Å². The fourth-order valence-electron chi connectivity index (χ4n) is 3.08. The summed E-state index contributed by atoms with van der Waals surface area (Å²) in [5.41, 5.74) is 3.85. The first kappa shape index (κ1) is 21.7. The van der Waals surface area contributed by atoms with Gasteiger partial charge in [-0.15, -0.1) is 0 Å². The molecule has 3 aromatic rings. The van der Waals surface area contributed by atoms with Gasteiger partial charge < -0.3 is 14.8 Å². The van der Waals surface area contributed by atoms with E-state index in [1.165, 1.54) is 5.56 Å². The molecule has 156 valence electrons. The Morgan fingerprint density at radius 2 is 1.57 bits per heavy atom. The number of aryl methyl sites for hydroxylation is 3. The van der Waals surface area contributed by atoms with E-state index >= 15 is 0 Å². The molecule has 0 heterocycles. The molecule has 1 N–H and O–H groups in total. The number of nitrogens with one attached hydrogen (secondary N) is 1. The van der Waals surface area contributed by atoms with E-state index in [2.05, 4.69) is 17.4 Å². The van der Waals surface area contributed by atoms with Crippen LogP contribution in [0.1, 0.15) is 23.1 Å². The van der Waals surface area contributed by atoms with Crippen molar-refractivity contribution < 1.29 is 14.3 Å². The predicted octanol–water partition coefficient (Wildman–Crippen LogP) is 5.99. The summed E-state index contributed by atoms with van der Waals surface area (Å²) in [6.07, 6.45) is 1.94. The second-order valence-electron chi connectivity index (χ2n) is 7.17. The molecule has 0 aliphatic heterocycles. The average molecular weight is 424 g/mol. The van der Waals surface area contributed by atoms with Crippen LogP contribution in [0.25, 0.3) is 0 Å². The summed E-state index contributed by atoms with van der Waals surface area (Å²) < 4.78 is 11.4. The van der Waals surface area contributed by atoms with E-state index in [9.17, 15) is 4.79 Å². The normalized spacial score (nSPS) is 10.5. The van der Waals surface area contributed by atoms with Gasteiger partial charge in [0.2, 0.25) is 0 Å². The highest BCUT2D eigenvalue weighted by Gasteiger charge is 2.07. The highest BCUT2D eigenvalue weighted by atomic mass is 35.5. The molecule has 0 saturated heterocycles. The molecule has 0 aliphatic carbocycles. The Labute approximate surface area is 182 Å². The Morgan fingerprint density at radius 1 is 0.900 bits per heavy atom. The molecule has 0 radical (unpaired) electrons. The minimum atomic E-state index is -0.225. The molecule has 3 aromatic carbocycles. The highest BCUT2D eigenvalue weighted by Crippen LogP contribution is 2.26. The van der Waals surface area contributed by atoms with Gasteiger partial charge in [-0.2, -0.15) is 0 Å². The van der Waals surface area contributed by atoms with Gasteiger partial charge in [-0.05, 0) is 79.8 Å². The van der Waals surface area contributed by atoms with Gasteiger partial charge in [-0.1, -0.05) is 41.9 Å². The lowest BCUT2D eigenvalue weighted by Crippen LogP contribution is -2.20. The Morgan fingerprint density at radius 3 is 2.23 bits per heavy atom. The highest BCUT2D eigenvalue weighted by molar-refractivity contribution is 6.32. The van der Waals surface area contributed by atoms with Crippen LogP contribution in [-0.2, 0) is 11.2 Å². The second-order valence-corrected chi connectivity index (χ2v) is 7.55. The molecule has 3 rings (SSSR count). The van der Waals surface area contributed by atoms with Gasteiger partial charge >= 0.3 is 0 Å². The minimum absolute atomic E-state index is 0.0712. The third-order valence-corrected chi connectivity index (χ3v) is 5.24. The van der Waals surface area contributed by atoms with Crippen molar-refractivity contribution in [2.45, 2.75) is 26.7 Å². The Balaban J connectivity index is 1.40. The van der Waals surface area contributed by atoms with Gasteiger partial charge in [0.25, 0.3) is 5.91 Å². The molecule has 0 fully saturated rings. The van der Waals surface area contributed by atoms with Crippen LogP contribution < -0.4 is 14.8 Å². The lowest BCUT2D eigenvalue weighted by atomic mass is 10.1. The van der Waals surface area contributed by atoms with Crippen molar-refractivity contribution in [3.05, 3.63) is 88.4 Å². The lowest BCUT2D eigenvalue weighted by molar-refractivity contribution is -0.118. The topological polar surface area (TPSA) is 47.6 Å². The van der Waals surface area contributed by atoms with Crippen LogP contribution in [0.4, 0.5) is 5.69 Å². The molecule has 0 spiro atoms.